The van der Waals surface area contributed by atoms with Gasteiger partial charge in [-0.15, -0.1) is 5.10 Å². The zero-order chi connectivity index (χ0) is 14.8. The molecule has 0 spiro atoms. The molecule has 0 fully saturated rings. The summed E-state index contributed by atoms with van der Waals surface area (Å²) in [5.41, 5.74) is 7.08. The van der Waals surface area contributed by atoms with Crippen LogP contribution in [0.1, 0.15) is 5.56 Å². The van der Waals surface area contributed by atoms with Crippen molar-refractivity contribution in [2.45, 2.75) is 6.54 Å². The molecule has 0 radical (unpaired) electrons. The van der Waals surface area contributed by atoms with Gasteiger partial charge in [0.15, 0.2) is 5.82 Å². The van der Waals surface area contributed by atoms with E-state index in [0.717, 1.165) is 5.56 Å². The van der Waals surface area contributed by atoms with Crippen LogP contribution in [0, 0.1) is 5.82 Å². The molecule has 3 rings (SSSR count). The lowest BCUT2D eigenvalue weighted by molar-refractivity contribution is 0.631. The highest BCUT2D eigenvalue weighted by molar-refractivity contribution is 6.30. The van der Waals surface area contributed by atoms with Crippen molar-refractivity contribution in [1.82, 2.24) is 20.2 Å². The van der Waals surface area contributed by atoms with Crippen LogP contribution in [0.4, 0.5) is 10.1 Å². The Hall–Kier alpha value is -2.47. The van der Waals surface area contributed by atoms with Crippen molar-refractivity contribution in [3.63, 3.8) is 0 Å². The molecule has 7 heteroatoms. The minimum atomic E-state index is -0.496. The van der Waals surface area contributed by atoms with Crippen LogP contribution < -0.4 is 5.73 Å². The molecule has 0 amide bonds. The Balaban J connectivity index is 1.95. The minimum absolute atomic E-state index is 0.0904. The molecule has 1 heterocycles. The van der Waals surface area contributed by atoms with Gasteiger partial charge in [-0.1, -0.05) is 23.7 Å². The van der Waals surface area contributed by atoms with Gasteiger partial charge in [-0.05, 0) is 46.3 Å². The van der Waals surface area contributed by atoms with Gasteiger partial charge >= 0.3 is 0 Å². The van der Waals surface area contributed by atoms with Crippen LogP contribution >= 0.6 is 11.6 Å². The van der Waals surface area contributed by atoms with Crippen molar-refractivity contribution in [3.8, 4) is 11.4 Å². The van der Waals surface area contributed by atoms with E-state index in [9.17, 15) is 4.39 Å². The first-order valence-corrected chi connectivity index (χ1v) is 6.57. The van der Waals surface area contributed by atoms with Crippen molar-refractivity contribution < 1.29 is 4.39 Å². The summed E-state index contributed by atoms with van der Waals surface area (Å²) in [6.45, 7) is 0.439. The quantitative estimate of drug-likeness (QED) is 0.755. The number of nitrogens with two attached hydrogens (primary N) is 1. The Morgan fingerprint density at radius 3 is 2.81 bits per heavy atom. The molecule has 0 aliphatic heterocycles. The van der Waals surface area contributed by atoms with Gasteiger partial charge in [0.25, 0.3) is 0 Å². The molecule has 0 bridgehead atoms. The number of halogens is 2. The summed E-state index contributed by atoms with van der Waals surface area (Å²) in [7, 11) is 0. The Labute approximate surface area is 125 Å². The van der Waals surface area contributed by atoms with Crippen LogP contribution in [0.5, 0.6) is 0 Å². The molecule has 2 aromatic carbocycles. The standard InChI is InChI=1S/C14H11ClFN5/c15-11-3-1-2-9(6-11)8-21-14(18-19-20-21)10-4-5-13(17)12(16)7-10/h1-7H,8,17H2. The van der Waals surface area contributed by atoms with Gasteiger partial charge in [0.05, 0.1) is 12.2 Å². The second kappa shape index (κ2) is 5.49. The Morgan fingerprint density at radius 2 is 2.05 bits per heavy atom. The summed E-state index contributed by atoms with van der Waals surface area (Å²) in [4.78, 5) is 0. The normalized spacial score (nSPS) is 10.8. The summed E-state index contributed by atoms with van der Waals surface area (Å²) in [6, 6.07) is 11.9. The van der Waals surface area contributed by atoms with Gasteiger partial charge < -0.3 is 5.73 Å². The van der Waals surface area contributed by atoms with Crippen LogP contribution in [-0.2, 0) is 6.54 Å². The molecule has 0 unspecified atom stereocenters. The second-order valence-electron chi connectivity index (χ2n) is 4.53. The average molecular weight is 304 g/mol. The van der Waals surface area contributed by atoms with Crippen LogP contribution in [-0.4, -0.2) is 20.2 Å². The van der Waals surface area contributed by atoms with Gasteiger partial charge in [-0.3, -0.25) is 0 Å². The number of hydrogen-bond donors (Lipinski definition) is 1. The zero-order valence-electron chi connectivity index (χ0n) is 10.9. The van der Waals surface area contributed by atoms with E-state index in [-0.39, 0.29) is 5.69 Å². The van der Waals surface area contributed by atoms with E-state index in [0.29, 0.717) is 23.0 Å². The van der Waals surface area contributed by atoms with Crippen molar-refractivity contribution in [3.05, 3.63) is 58.9 Å². The lowest BCUT2D eigenvalue weighted by Crippen LogP contribution is -2.04. The fraction of sp³-hybridized carbons (Fsp3) is 0.0714. The SMILES string of the molecule is Nc1ccc(-c2nnnn2Cc2cccc(Cl)c2)cc1F. The highest BCUT2D eigenvalue weighted by Crippen LogP contribution is 2.21. The number of nitrogens with zero attached hydrogens (tertiary/aromatic N) is 4. The fourth-order valence-corrected chi connectivity index (χ4v) is 2.21. The molecule has 0 saturated heterocycles. The summed E-state index contributed by atoms with van der Waals surface area (Å²) in [5, 5.41) is 12.2. The molecule has 0 aliphatic carbocycles. The van der Waals surface area contributed by atoms with E-state index in [1.807, 2.05) is 18.2 Å². The number of nitrogen functional groups attached to an aromatic ring is 1. The van der Waals surface area contributed by atoms with Crippen LogP contribution in [0.25, 0.3) is 11.4 Å². The molecule has 1 aromatic heterocycles. The molecule has 0 atom stereocenters. The predicted octanol–water partition coefficient (Wildman–Crippen LogP) is 2.76. The molecule has 0 aliphatic rings. The molecule has 0 saturated carbocycles. The number of aromatic nitrogens is 4. The summed E-state index contributed by atoms with van der Waals surface area (Å²) >= 11 is 5.96. The second-order valence-corrected chi connectivity index (χ2v) is 4.96. The number of hydrogen-bond acceptors (Lipinski definition) is 4. The Bertz CT molecular complexity index is 787. The predicted molar refractivity (Wildman–Crippen MR) is 78.2 cm³/mol. The number of rotatable bonds is 3. The van der Waals surface area contributed by atoms with Crippen molar-refractivity contribution in [2.24, 2.45) is 0 Å². The van der Waals surface area contributed by atoms with Crippen molar-refractivity contribution in [1.29, 1.82) is 0 Å². The first kappa shape index (κ1) is 13.5. The maximum absolute atomic E-state index is 13.6. The Kier molecular flexibility index (Phi) is 3.53. The molecule has 5 nitrogen and oxygen atoms in total. The largest absolute Gasteiger partial charge is 0.396 e. The maximum Gasteiger partial charge on any atom is 0.182 e. The smallest absolute Gasteiger partial charge is 0.182 e. The summed E-state index contributed by atoms with van der Waals surface area (Å²) < 4.78 is 15.1. The fourth-order valence-electron chi connectivity index (χ4n) is 1.99. The van der Waals surface area contributed by atoms with Crippen LogP contribution in [0.2, 0.25) is 5.02 Å². The first-order valence-electron chi connectivity index (χ1n) is 6.19. The molecular formula is C14H11ClFN5. The molecule has 3 aromatic rings. The highest BCUT2D eigenvalue weighted by Gasteiger charge is 2.11. The lowest BCUT2D eigenvalue weighted by Gasteiger charge is -2.06. The maximum atomic E-state index is 13.6. The van der Waals surface area contributed by atoms with Gasteiger partial charge in [-0.25, -0.2) is 9.07 Å². The lowest BCUT2D eigenvalue weighted by atomic mass is 10.1. The van der Waals surface area contributed by atoms with E-state index in [2.05, 4.69) is 15.5 Å². The van der Waals surface area contributed by atoms with Crippen LogP contribution in [0.15, 0.2) is 42.5 Å². The van der Waals surface area contributed by atoms with E-state index in [4.69, 9.17) is 17.3 Å². The minimum Gasteiger partial charge on any atom is -0.396 e. The number of benzene rings is 2. The number of tetrazole rings is 1. The van der Waals surface area contributed by atoms with Gasteiger partial charge in [0.1, 0.15) is 5.82 Å². The molecule has 2 N–H and O–H groups in total. The highest BCUT2D eigenvalue weighted by atomic mass is 35.5. The monoisotopic (exact) mass is 303 g/mol. The third-order valence-electron chi connectivity index (χ3n) is 3.01. The van der Waals surface area contributed by atoms with Gasteiger partial charge in [0.2, 0.25) is 0 Å². The summed E-state index contributed by atoms with van der Waals surface area (Å²) in [6.07, 6.45) is 0. The van der Waals surface area contributed by atoms with Crippen molar-refractivity contribution in [2.75, 3.05) is 5.73 Å². The Morgan fingerprint density at radius 1 is 1.19 bits per heavy atom. The van der Waals surface area contributed by atoms with Gasteiger partial charge in [-0.2, -0.15) is 0 Å². The third kappa shape index (κ3) is 2.85. The number of anilines is 1. The molecule has 21 heavy (non-hydrogen) atoms. The van der Waals surface area contributed by atoms with Gasteiger partial charge in [0, 0.05) is 10.6 Å². The third-order valence-corrected chi connectivity index (χ3v) is 3.25. The van der Waals surface area contributed by atoms with Crippen LogP contribution in [0.3, 0.4) is 0 Å². The summed E-state index contributed by atoms with van der Waals surface area (Å²) in [5.74, 6) is -0.0290. The molecule has 106 valence electrons. The van der Waals surface area contributed by atoms with Crippen molar-refractivity contribution >= 4 is 17.3 Å². The van der Waals surface area contributed by atoms with E-state index < -0.39 is 5.82 Å². The van der Waals surface area contributed by atoms with E-state index in [1.54, 1.807) is 16.8 Å². The average Bonchev–Trinajstić information content (AvgIpc) is 2.90. The van der Waals surface area contributed by atoms with E-state index in [1.165, 1.54) is 12.1 Å². The van der Waals surface area contributed by atoms with E-state index >= 15 is 0 Å². The molecular weight excluding hydrogens is 293 g/mol. The topological polar surface area (TPSA) is 69.6 Å². The zero-order valence-corrected chi connectivity index (χ0v) is 11.6. The first-order chi connectivity index (χ1) is 10.1.